The van der Waals surface area contributed by atoms with Gasteiger partial charge >= 0.3 is 0 Å². The quantitative estimate of drug-likeness (QED) is 0.472. The van der Waals surface area contributed by atoms with Gasteiger partial charge in [0.2, 0.25) is 0 Å². The van der Waals surface area contributed by atoms with Crippen molar-refractivity contribution in [3.8, 4) is 0 Å². The second-order valence-corrected chi connectivity index (χ2v) is 4.21. The van der Waals surface area contributed by atoms with E-state index in [0.717, 1.165) is 22.9 Å². The Morgan fingerprint density at radius 1 is 1.47 bits per heavy atom. The summed E-state index contributed by atoms with van der Waals surface area (Å²) in [7, 11) is 0. The summed E-state index contributed by atoms with van der Waals surface area (Å²) in [4.78, 5) is 10.5. The normalized spacial score (nSPS) is 10.3. The molecule has 1 aromatic carbocycles. The topological polar surface area (TPSA) is 43.1 Å². The molecule has 0 N–H and O–H groups in total. The van der Waals surface area contributed by atoms with Gasteiger partial charge in [-0.15, -0.1) is 11.6 Å². The smallest absolute Gasteiger partial charge is 0.258 e. The summed E-state index contributed by atoms with van der Waals surface area (Å²) in [5.74, 6) is 0.305. The lowest BCUT2D eigenvalue weighted by molar-refractivity contribution is -0.385. The van der Waals surface area contributed by atoms with Gasteiger partial charge in [-0.2, -0.15) is 0 Å². The molecular formula is C10H11BrClNO2. The predicted molar refractivity (Wildman–Crippen MR) is 64.8 cm³/mol. The molecule has 0 heterocycles. The average molecular weight is 293 g/mol. The number of rotatable bonds is 5. The average Bonchev–Trinajstić information content (AvgIpc) is 2.26. The summed E-state index contributed by atoms with van der Waals surface area (Å²) in [6, 6.07) is 5.18. The Hall–Kier alpha value is -0.610. The van der Waals surface area contributed by atoms with Gasteiger partial charge in [0.1, 0.15) is 0 Å². The minimum Gasteiger partial charge on any atom is -0.258 e. The lowest BCUT2D eigenvalue weighted by Crippen LogP contribution is -1.97. The molecule has 0 aliphatic rings. The van der Waals surface area contributed by atoms with E-state index < -0.39 is 0 Å². The van der Waals surface area contributed by atoms with Crippen LogP contribution in [-0.2, 0) is 12.3 Å². The van der Waals surface area contributed by atoms with E-state index >= 15 is 0 Å². The van der Waals surface area contributed by atoms with Crippen LogP contribution in [0, 0.1) is 10.1 Å². The Kier molecular flexibility index (Phi) is 5.05. The third-order valence-electron chi connectivity index (χ3n) is 2.08. The molecule has 0 atom stereocenters. The molecule has 0 fully saturated rings. The second kappa shape index (κ2) is 6.08. The van der Waals surface area contributed by atoms with Crippen LogP contribution in [0.1, 0.15) is 17.5 Å². The van der Waals surface area contributed by atoms with Crippen molar-refractivity contribution in [1.29, 1.82) is 0 Å². The molecular weight excluding hydrogens is 281 g/mol. The first-order chi connectivity index (χ1) is 7.19. The van der Waals surface area contributed by atoms with Crippen molar-refractivity contribution in [2.24, 2.45) is 0 Å². The van der Waals surface area contributed by atoms with E-state index in [2.05, 4.69) is 15.9 Å². The van der Waals surface area contributed by atoms with Gasteiger partial charge in [0.25, 0.3) is 5.69 Å². The SMILES string of the molecule is O=[N+]([O-])c1cc(CCl)ccc1CCCBr. The Balaban J connectivity index is 2.98. The summed E-state index contributed by atoms with van der Waals surface area (Å²) < 4.78 is 0. The summed E-state index contributed by atoms with van der Waals surface area (Å²) >= 11 is 8.94. The molecule has 0 unspecified atom stereocenters. The highest BCUT2D eigenvalue weighted by atomic mass is 79.9. The van der Waals surface area contributed by atoms with Crippen LogP contribution in [0.5, 0.6) is 0 Å². The summed E-state index contributed by atoms with van der Waals surface area (Å²) in [6.07, 6.45) is 1.60. The third kappa shape index (κ3) is 3.47. The van der Waals surface area contributed by atoms with E-state index in [1.165, 1.54) is 0 Å². The molecule has 1 rings (SSSR count). The Morgan fingerprint density at radius 3 is 2.73 bits per heavy atom. The lowest BCUT2D eigenvalue weighted by Gasteiger charge is -2.03. The molecule has 82 valence electrons. The number of alkyl halides is 2. The number of halogens is 2. The molecule has 3 nitrogen and oxygen atoms in total. The van der Waals surface area contributed by atoms with Crippen molar-refractivity contribution in [3.63, 3.8) is 0 Å². The lowest BCUT2D eigenvalue weighted by atomic mass is 10.1. The standard InChI is InChI=1S/C10H11BrClNO2/c11-5-1-2-9-4-3-8(7-12)6-10(9)13(14)15/h3-4,6H,1-2,5,7H2. The molecule has 15 heavy (non-hydrogen) atoms. The first-order valence-corrected chi connectivity index (χ1v) is 6.22. The van der Waals surface area contributed by atoms with E-state index in [0.29, 0.717) is 12.3 Å². The van der Waals surface area contributed by atoms with Gasteiger partial charge in [0, 0.05) is 22.8 Å². The summed E-state index contributed by atoms with van der Waals surface area (Å²) in [5, 5.41) is 11.7. The summed E-state index contributed by atoms with van der Waals surface area (Å²) in [5.41, 5.74) is 1.73. The number of nitrogens with zero attached hydrogens (tertiary/aromatic N) is 1. The van der Waals surface area contributed by atoms with Gasteiger partial charge in [0.05, 0.1) is 4.92 Å². The van der Waals surface area contributed by atoms with Crippen LogP contribution >= 0.6 is 27.5 Å². The zero-order chi connectivity index (χ0) is 11.3. The van der Waals surface area contributed by atoms with Crippen LogP contribution in [0.3, 0.4) is 0 Å². The molecule has 0 aliphatic carbocycles. The maximum Gasteiger partial charge on any atom is 0.272 e. The molecule has 0 saturated heterocycles. The van der Waals surface area contributed by atoms with Gasteiger partial charge in [0.15, 0.2) is 0 Å². The van der Waals surface area contributed by atoms with Crippen LogP contribution in [-0.4, -0.2) is 10.3 Å². The van der Waals surface area contributed by atoms with Gasteiger partial charge in [-0.05, 0) is 18.4 Å². The van der Waals surface area contributed by atoms with E-state index in [-0.39, 0.29) is 10.6 Å². The van der Waals surface area contributed by atoms with Gasteiger partial charge in [-0.3, -0.25) is 10.1 Å². The highest BCUT2D eigenvalue weighted by molar-refractivity contribution is 9.09. The molecule has 0 spiro atoms. The molecule has 1 aromatic rings. The highest BCUT2D eigenvalue weighted by Gasteiger charge is 2.13. The fraction of sp³-hybridized carbons (Fsp3) is 0.400. The second-order valence-electron chi connectivity index (χ2n) is 3.15. The van der Waals surface area contributed by atoms with Crippen LogP contribution in [0.2, 0.25) is 0 Å². The minimum absolute atomic E-state index is 0.175. The van der Waals surface area contributed by atoms with E-state index in [1.807, 2.05) is 6.07 Å². The fourth-order valence-corrected chi connectivity index (χ4v) is 1.78. The first kappa shape index (κ1) is 12.5. The number of nitro groups is 1. The van der Waals surface area contributed by atoms with Crippen molar-refractivity contribution >= 4 is 33.2 Å². The monoisotopic (exact) mass is 291 g/mol. The maximum atomic E-state index is 10.8. The fourth-order valence-electron chi connectivity index (χ4n) is 1.33. The zero-order valence-electron chi connectivity index (χ0n) is 8.08. The van der Waals surface area contributed by atoms with Crippen LogP contribution in [0.4, 0.5) is 5.69 Å². The number of nitro benzene ring substituents is 1. The van der Waals surface area contributed by atoms with E-state index in [1.54, 1.807) is 12.1 Å². The van der Waals surface area contributed by atoms with Crippen molar-refractivity contribution in [1.82, 2.24) is 0 Å². The highest BCUT2D eigenvalue weighted by Crippen LogP contribution is 2.22. The van der Waals surface area contributed by atoms with Gasteiger partial charge in [-0.1, -0.05) is 28.1 Å². The molecule has 0 radical (unpaired) electrons. The van der Waals surface area contributed by atoms with E-state index in [4.69, 9.17) is 11.6 Å². The maximum absolute atomic E-state index is 10.8. The van der Waals surface area contributed by atoms with Crippen molar-refractivity contribution in [3.05, 3.63) is 39.4 Å². The van der Waals surface area contributed by atoms with Crippen molar-refractivity contribution in [2.45, 2.75) is 18.7 Å². The Morgan fingerprint density at radius 2 is 2.20 bits per heavy atom. The predicted octanol–water partition coefficient (Wildman–Crippen LogP) is 3.66. The number of benzene rings is 1. The van der Waals surface area contributed by atoms with Gasteiger partial charge < -0.3 is 0 Å². The van der Waals surface area contributed by atoms with Crippen molar-refractivity contribution in [2.75, 3.05) is 5.33 Å². The van der Waals surface area contributed by atoms with Crippen LogP contribution in [0.15, 0.2) is 18.2 Å². The number of hydrogen-bond donors (Lipinski definition) is 0. The Bertz CT molecular complexity index is 357. The summed E-state index contributed by atoms with van der Waals surface area (Å²) in [6.45, 7) is 0. The molecule has 0 saturated carbocycles. The van der Waals surface area contributed by atoms with Gasteiger partial charge in [-0.25, -0.2) is 0 Å². The van der Waals surface area contributed by atoms with Crippen molar-refractivity contribution < 1.29 is 4.92 Å². The van der Waals surface area contributed by atoms with E-state index in [9.17, 15) is 10.1 Å². The number of aryl methyl sites for hydroxylation is 1. The number of hydrogen-bond acceptors (Lipinski definition) is 2. The Labute approximate surface area is 102 Å². The third-order valence-corrected chi connectivity index (χ3v) is 2.95. The molecule has 0 aliphatic heterocycles. The van der Waals surface area contributed by atoms with Crippen LogP contribution in [0.25, 0.3) is 0 Å². The molecule has 0 amide bonds. The minimum atomic E-state index is -0.348. The molecule has 0 aromatic heterocycles. The molecule has 5 heteroatoms. The van der Waals surface area contributed by atoms with Crippen LogP contribution < -0.4 is 0 Å². The molecule has 0 bridgehead atoms. The zero-order valence-corrected chi connectivity index (χ0v) is 10.4. The first-order valence-electron chi connectivity index (χ1n) is 4.57. The largest absolute Gasteiger partial charge is 0.272 e.